The molecule has 0 saturated heterocycles. The van der Waals surface area contributed by atoms with Gasteiger partial charge in [0.05, 0.1) is 17.6 Å². The average Bonchev–Trinajstić information content (AvgIpc) is 2.90. The number of carbonyl (C=O) groups is 2. The lowest BCUT2D eigenvalue weighted by Crippen LogP contribution is -2.27. The molecule has 0 N–H and O–H groups in total. The molecule has 134 valence electrons. The van der Waals surface area contributed by atoms with E-state index in [1.54, 1.807) is 13.0 Å². The van der Waals surface area contributed by atoms with Gasteiger partial charge in [-0.05, 0) is 55.2 Å². The zero-order valence-corrected chi connectivity index (χ0v) is 15.7. The minimum atomic E-state index is -0.485. The standard InChI is InChI=1S/C20H26N2O3/c1-6-25-19(24)18-11-16-17(22(18)12(2)23)10-13-9-14(20(3,4)5)7-8-15(13)21-16/h10-11,14H,6-9H2,1-5H3. The number of fused-ring (bicyclic) bond motifs is 2. The van der Waals surface area contributed by atoms with Crippen LogP contribution in [0, 0.1) is 11.3 Å². The third-order valence-electron chi connectivity index (χ3n) is 5.17. The van der Waals surface area contributed by atoms with Crippen molar-refractivity contribution in [3.63, 3.8) is 0 Å². The summed E-state index contributed by atoms with van der Waals surface area (Å²) in [6.07, 6.45) is 3.01. The highest BCUT2D eigenvalue weighted by molar-refractivity contribution is 6.01. The first-order valence-corrected chi connectivity index (χ1v) is 8.94. The number of aryl methyl sites for hydroxylation is 1. The van der Waals surface area contributed by atoms with Crippen LogP contribution in [0.5, 0.6) is 0 Å². The topological polar surface area (TPSA) is 61.2 Å². The fourth-order valence-corrected chi connectivity index (χ4v) is 3.71. The summed E-state index contributed by atoms with van der Waals surface area (Å²) < 4.78 is 6.53. The van der Waals surface area contributed by atoms with Crippen LogP contribution in [-0.2, 0) is 17.6 Å². The van der Waals surface area contributed by atoms with Gasteiger partial charge in [-0.1, -0.05) is 20.8 Å². The Balaban J connectivity index is 2.12. The summed E-state index contributed by atoms with van der Waals surface area (Å²) in [6.45, 7) is 10.3. The fraction of sp³-hybridized carbons (Fsp3) is 0.550. The van der Waals surface area contributed by atoms with Gasteiger partial charge in [0.1, 0.15) is 5.69 Å². The van der Waals surface area contributed by atoms with Crippen LogP contribution in [0.25, 0.3) is 11.0 Å². The quantitative estimate of drug-likeness (QED) is 0.773. The number of esters is 1. The number of aromatic nitrogens is 2. The highest BCUT2D eigenvalue weighted by atomic mass is 16.5. The maximum Gasteiger partial charge on any atom is 0.355 e. The Morgan fingerprint density at radius 2 is 2.04 bits per heavy atom. The molecule has 0 fully saturated rings. The lowest BCUT2D eigenvalue weighted by atomic mass is 9.71. The normalized spacial score (nSPS) is 17.4. The van der Waals surface area contributed by atoms with Gasteiger partial charge in [0.25, 0.3) is 0 Å². The Bertz CT molecular complexity index is 843. The van der Waals surface area contributed by atoms with Gasteiger partial charge in [-0.15, -0.1) is 0 Å². The van der Waals surface area contributed by atoms with Crippen molar-refractivity contribution in [3.8, 4) is 0 Å². The molecule has 3 rings (SSSR count). The summed E-state index contributed by atoms with van der Waals surface area (Å²) in [5.74, 6) is -0.103. The molecule has 2 aromatic rings. The lowest BCUT2D eigenvalue weighted by Gasteiger charge is -2.34. The number of hydrogen-bond donors (Lipinski definition) is 0. The van der Waals surface area contributed by atoms with Crippen LogP contribution >= 0.6 is 0 Å². The number of hydrogen-bond acceptors (Lipinski definition) is 4. The summed E-state index contributed by atoms with van der Waals surface area (Å²) in [4.78, 5) is 29.1. The highest BCUT2D eigenvalue weighted by Gasteiger charge is 2.30. The molecule has 0 bridgehead atoms. The van der Waals surface area contributed by atoms with Crippen molar-refractivity contribution in [2.75, 3.05) is 6.61 Å². The molecule has 1 atom stereocenters. The molecule has 5 heteroatoms. The minimum absolute atomic E-state index is 0.206. The largest absolute Gasteiger partial charge is 0.461 e. The van der Waals surface area contributed by atoms with E-state index < -0.39 is 5.97 Å². The van der Waals surface area contributed by atoms with Crippen molar-refractivity contribution in [1.29, 1.82) is 0 Å². The molecule has 1 aliphatic rings. The monoisotopic (exact) mass is 342 g/mol. The number of nitrogens with zero attached hydrogens (tertiary/aromatic N) is 2. The Hall–Kier alpha value is -2.17. The maximum absolute atomic E-state index is 12.2. The van der Waals surface area contributed by atoms with Gasteiger partial charge >= 0.3 is 5.97 Å². The Labute approximate surface area is 148 Å². The molecule has 1 unspecified atom stereocenters. The molecule has 1 aliphatic carbocycles. The maximum atomic E-state index is 12.2. The molecule has 25 heavy (non-hydrogen) atoms. The highest BCUT2D eigenvalue weighted by Crippen LogP contribution is 2.37. The summed E-state index contributed by atoms with van der Waals surface area (Å²) in [5, 5.41) is 0. The van der Waals surface area contributed by atoms with E-state index in [4.69, 9.17) is 9.72 Å². The predicted molar refractivity (Wildman–Crippen MR) is 97.0 cm³/mol. The smallest absolute Gasteiger partial charge is 0.355 e. The molecule has 2 aromatic heterocycles. The second-order valence-electron chi connectivity index (χ2n) is 7.91. The number of pyridine rings is 1. The summed E-state index contributed by atoms with van der Waals surface area (Å²) >= 11 is 0. The van der Waals surface area contributed by atoms with Crippen LogP contribution in [0.2, 0.25) is 0 Å². The number of carbonyl (C=O) groups excluding carboxylic acids is 2. The fourth-order valence-electron chi connectivity index (χ4n) is 3.71. The van der Waals surface area contributed by atoms with E-state index in [2.05, 4.69) is 20.8 Å². The van der Waals surface area contributed by atoms with Crippen LogP contribution in [0.15, 0.2) is 12.1 Å². The van der Waals surface area contributed by atoms with Crippen LogP contribution in [0.1, 0.15) is 67.6 Å². The molecule has 5 nitrogen and oxygen atoms in total. The summed E-state index contributed by atoms with van der Waals surface area (Å²) in [7, 11) is 0. The third kappa shape index (κ3) is 3.20. The zero-order chi connectivity index (χ0) is 18.4. The van der Waals surface area contributed by atoms with Crippen molar-refractivity contribution in [2.24, 2.45) is 11.3 Å². The molecule has 0 aromatic carbocycles. The van der Waals surface area contributed by atoms with E-state index in [9.17, 15) is 9.59 Å². The predicted octanol–water partition coefficient (Wildman–Crippen LogP) is 4.02. The van der Waals surface area contributed by atoms with E-state index in [-0.39, 0.29) is 23.6 Å². The van der Waals surface area contributed by atoms with Gasteiger partial charge in [0.2, 0.25) is 5.91 Å². The zero-order valence-electron chi connectivity index (χ0n) is 15.7. The van der Waals surface area contributed by atoms with E-state index in [0.29, 0.717) is 17.0 Å². The summed E-state index contributed by atoms with van der Waals surface area (Å²) in [5.41, 5.74) is 4.16. The van der Waals surface area contributed by atoms with Crippen LogP contribution in [0.3, 0.4) is 0 Å². The van der Waals surface area contributed by atoms with E-state index in [1.165, 1.54) is 17.1 Å². The van der Waals surface area contributed by atoms with Gasteiger partial charge in [-0.2, -0.15) is 0 Å². The third-order valence-corrected chi connectivity index (χ3v) is 5.17. The van der Waals surface area contributed by atoms with Gasteiger partial charge in [-0.25, -0.2) is 4.79 Å². The lowest BCUT2D eigenvalue weighted by molar-refractivity contribution is 0.0510. The van der Waals surface area contributed by atoms with E-state index in [0.717, 1.165) is 25.0 Å². The van der Waals surface area contributed by atoms with Gasteiger partial charge in [0.15, 0.2) is 0 Å². The van der Waals surface area contributed by atoms with Crippen LogP contribution in [-0.4, -0.2) is 28.0 Å². The second kappa shape index (κ2) is 6.28. The van der Waals surface area contributed by atoms with E-state index in [1.807, 2.05) is 6.07 Å². The first-order valence-electron chi connectivity index (χ1n) is 8.94. The Kier molecular flexibility index (Phi) is 4.43. The molecule has 0 aliphatic heterocycles. The van der Waals surface area contributed by atoms with Gasteiger partial charge in [-0.3, -0.25) is 14.3 Å². The average molecular weight is 342 g/mol. The first-order chi connectivity index (χ1) is 11.7. The molecule has 2 heterocycles. The van der Waals surface area contributed by atoms with Gasteiger partial charge < -0.3 is 4.74 Å². The SMILES string of the molecule is CCOC(=O)c1cc2nc3c(cc2n1C(C)=O)CC(C(C)(C)C)CC3. The molecule has 0 radical (unpaired) electrons. The minimum Gasteiger partial charge on any atom is -0.461 e. The van der Waals surface area contributed by atoms with Crippen LogP contribution in [0.4, 0.5) is 0 Å². The van der Waals surface area contributed by atoms with E-state index >= 15 is 0 Å². The summed E-state index contributed by atoms with van der Waals surface area (Å²) in [6, 6.07) is 3.71. The number of rotatable bonds is 2. The molecule has 0 amide bonds. The first kappa shape index (κ1) is 17.6. The molecule has 0 spiro atoms. The van der Waals surface area contributed by atoms with Gasteiger partial charge in [0, 0.05) is 12.6 Å². The van der Waals surface area contributed by atoms with Crippen molar-refractivity contribution in [1.82, 2.24) is 9.55 Å². The Morgan fingerprint density at radius 3 is 2.64 bits per heavy atom. The van der Waals surface area contributed by atoms with Crippen molar-refractivity contribution >= 4 is 22.9 Å². The second-order valence-corrected chi connectivity index (χ2v) is 7.91. The Morgan fingerprint density at radius 1 is 1.32 bits per heavy atom. The molecular weight excluding hydrogens is 316 g/mol. The molecule has 0 saturated carbocycles. The molecular formula is C20H26N2O3. The van der Waals surface area contributed by atoms with Crippen molar-refractivity contribution < 1.29 is 14.3 Å². The number of ether oxygens (including phenoxy) is 1. The van der Waals surface area contributed by atoms with Crippen molar-refractivity contribution in [3.05, 3.63) is 29.1 Å². The van der Waals surface area contributed by atoms with Crippen LogP contribution < -0.4 is 0 Å². The van der Waals surface area contributed by atoms with Crippen molar-refractivity contribution in [2.45, 2.75) is 53.9 Å².